The van der Waals surface area contributed by atoms with Crippen LogP contribution in [0.25, 0.3) is 16.9 Å². The van der Waals surface area contributed by atoms with Crippen molar-refractivity contribution in [2.24, 2.45) is 0 Å². The average Bonchev–Trinajstić information content (AvgIpc) is 3.44. The van der Waals surface area contributed by atoms with Gasteiger partial charge in [-0.3, -0.25) is 4.79 Å². The van der Waals surface area contributed by atoms with E-state index in [-0.39, 0.29) is 5.91 Å². The maximum absolute atomic E-state index is 13.0. The lowest BCUT2D eigenvalue weighted by atomic mass is 10.1. The Morgan fingerprint density at radius 2 is 1.86 bits per heavy atom. The molecule has 0 aliphatic carbocycles. The lowest BCUT2D eigenvalue weighted by Crippen LogP contribution is -2.26. The van der Waals surface area contributed by atoms with Crippen molar-refractivity contribution >= 4 is 5.91 Å². The molecule has 146 valence electrons. The lowest BCUT2D eigenvalue weighted by molar-refractivity contribution is 0.0776. The number of methoxy groups -OCH3 is 1. The van der Waals surface area contributed by atoms with Crippen LogP contribution in [0.1, 0.15) is 16.2 Å². The van der Waals surface area contributed by atoms with Crippen molar-refractivity contribution in [2.75, 3.05) is 14.2 Å². The molecule has 2 aromatic carbocycles. The fourth-order valence-electron chi connectivity index (χ4n) is 3.05. The zero-order valence-corrected chi connectivity index (χ0v) is 16.1. The summed E-state index contributed by atoms with van der Waals surface area (Å²) in [5, 5.41) is 8.46. The summed E-state index contributed by atoms with van der Waals surface area (Å²) < 4.78 is 11.9. The minimum atomic E-state index is -0.197. The number of hydrogen-bond donors (Lipinski definition) is 0. The fourth-order valence-corrected chi connectivity index (χ4v) is 3.05. The predicted molar refractivity (Wildman–Crippen MR) is 108 cm³/mol. The van der Waals surface area contributed by atoms with Gasteiger partial charge >= 0.3 is 0 Å². The number of hydrogen-bond acceptors (Lipinski definition) is 5. The van der Waals surface area contributed by atoms with Gasteiger partial charge in [-0.05, 0) is 30.3 Å². The molecule has 4 aromatic rings. The first kappa shape index (κ1) is 18.5. The number of carbonyl (C=O) groups excluding carboxylic acids is 1. The molecule has 0 saturated heterocycles. The van der Waals surface area contributed by atoms with E-state index in [4.69, 9.17) is 9.26 Å². The molecule has 0 spiro atoms. The highest BCUT2D eigenvalue weighted by Gasteiger charge is 2.20. The second kappa shape index (κ2) is 8.02. The van der Waals surface area contributed by atoms with Crippen molar-refractivity contribution < 1.29 is 14.1 Å². The number of benzene rings is 2. The minimum absolute atomic E-state index is 0.197. The van der Waals surface area contributed by atoms with E-state index in [0.717, 1.165) is 22.7 Å². The molecule has 0 bridgehead atoms. The maximum atomic E-state index is 13.0. The zero-order chi connectivity index (χ0) is 20.2. The Bertz CT molecular complexity index is 1090. The molecule has 29 heavy (non-hydrogen) atoms. The Morgan fingerprint density at radius 1 is 1.10 bits per heavy atom. The highest BCUT2D eigenvalue weighted by atomic mass is 16.5. The number of aromatic nitrogens is 3. The van der Waals surface area contributed by atoms with Crippen LogP contribution < -0.4 is 4.74 Å². The summed E-state index contributed by atoms with van der Waals surface area (Å²) in [5.74, 6) is 0.559. The summed E-state index contributed by atoms with van der Waals surface area (Å²) >= 11 is 0. The van der Waals surface area contributed by atoms with E-state index in [1.165, 1.54) is 6.26 Å². The molecule has 0 saturated carbocycles. The van der Waals surface area contributed by atoms with Crippen molar-refractivity contribution in [3.05, 3.63) is 84.4 Å². The van der Waals surface area contributed by atoms with Crippen LogP contribution in [-0.4, -0.2) is 39.9 Å². The molecule has 0 N–H and O–H groups in total. The quantitative estimate of drug-likeness (QED) is 0.502. The number of amides is 1. The van der Waals surface area contributed by atoms with Crippen LogP contribution in [0.2, 0.25) is 0 Å². The minimum Gasteiger partial charge on any atom is -0.497 e. The summed E-state index contributed by atoms with van der Waals surface area (Å²) in [6, 6.07) is 20.9. The van der Waals surface area contributed by atoms with Crippen molar-refractivity contribution in [1.29, 1.82) is 0 Å². The van der Waals surface area contributed by atoms with Crippen LogP contribution in [0, 0.1) is 0 Å². The second-order valence-corrected chi connectivity index (χ2v) is 6.54. The smallest absolute Gasteiger partial charge is 0.274 e. The molecule has 7 heteroatoms. The summed E-state index contributed by atoms with van der Waals surface area (Å²) in [6.45, 7) is 0.339. The molecule has 1 amide bonds. The Labute approximate surface area is 168 Å². The molecule has 2 aromatic heterocycles. The average molecular weight is 388 g/mol. The third-order valence-electron chi connectivity index (χ3n) is 4.55. The Hall–Kier alpha value is -3.87. The summed E-state index contributed by atoms with van der Waals surface area (Å²) in [4.78, 5) is 14.5. The molecule has 0 fully saturated rings. The predicted octanol–water partition coefficient (Wildman–Crippen LogP) is 3.81. The molecule has 0 aliphatic heterocycles. The van der Waals surface area contributed by atoms with Crippen LogP contribution in [0.5, 0.6) is 5.75 Å². The van der Waals surface area contributed by atoms with E-state index in [9.17, 15) is 4.79 Å². The fraction of sp³-hybridized carbons (Fsp3) is 0.136. The summed E-state index contributed by atoms with van der Waals surface area (Å²) in [7, 11) is 3.34. The van der Waals surface area contributed by atoms with Gasteiger partial charge in [0.15, 0.2) is 5.69 Å². The first-order chi connectivity index (χ1) is 14.2. The van der Waals surface area contributed by atoms with Crippen molar-refractivity contribution in [3.8, 4) is 22.7 Å². The first-order valence-corrected chi connectivity index (χ1v) is 9.10. The lowest BCUT2D eigenvalue weighted by Gasteiger charge is -2.13. The third kappa shape index (κ3) is 3.89. The molecule has 0 atom stereocenters. The number of rotatable bonds is 6. The standard InChI is InChI=1S/C22H20N4O3/c1-25(15-17-12-13-29-24-17)22(27)20-14-21(16-6-4-3-5-7-16)26(23-20)18-8-10-19(28-2)11-9-18/h3-14H,15H2,1-2H3. The van der Waals surface area contributed by atoms with Gasteiger partial charge in [-0.2, -0.15) is 5.10 Å². The molecular weight excluding hydrogens is 368 g/mol. The number of ether oxygens (including phenoxy) is 1. The van der Waals surface area contributed by atoms with Crippen LogP contribution in [-0.2, 0) is 6.54 Å². The maximum Gasteiger partial charge on any atom is 0.274 e. The largest absolute Gasteiger partial charge is 0.497 e. The van der Waals surface area contributed by atoms with E-state index in [0.29, 0.717) is 17.9 Å². The molecular formula is C22H20N4O3. The van der Waals surface area contributed by atoms with Gasteiger partial charge in [0, 0.05) is 18.7 Å². The number of carbonyl (C=O) groups is 1. The molecule has 0 unspecified atom stereocenters. The molecule has 7 nitrogen and oxygen atoms in total. The van der Waals surface area contributed by atoms with E-state index in [1.54, 1.807) is 35.9 Å². The zero-order valence-electron chi connectivity index (χ0n) is 16.1. The van der Waals surface area contributed by atoms with E-state index < -0.39 is 0 Å². The van der Waals surface area contributed by atoms with Gasteiger partial charge in [-0.25, -0.2) is 4.68 Å². The van der Waals surface area contributed by atoms with Crippen LogP contribution in [0.15, 0.2) is 77.5 Å². The van der Waals surface area contributed by atoms with Gasteiger partial charge in [-0.15, -0.1) is 0 Å². The highest BCUT2D eigenvalue weighted by Crippen LogP contribution is 2.25. The first-order valence-electron chi connectivity index (χ1n) is 9.10. The van der Waals surface area contributed by atoms with E-state index >= 15 is 0 Å². The van der Waals surface area contributed by atoms with E-state index in [1.807, 2.05) is 54.6 Å². The summed E-state index contributed by atoms with van der Waals surface area (Å²) in [5.41, 5.74) is 3.66. The van der Waals surface area contributed by atoms with Crippen LogP contribution in [0.3, 0.4) is 0 Å². The van der Waals surface area contributed by atoms with Gasteiger partial charge in [-0.1, -0.05) is 35.5 Å². The van der Waals surface area contributed by atoms with Gasteiger partial charge in [0.05, 0.1) is 25.0 Å². The van der Waals surface area contributed by atoms with Crippen LogP contribution >= 0.6 is 0 Å². The van der Waals surface area contributed by atoms with Gasteiger partial charge in [0.2, 0.25) is 0 Å². The molecule has 0 radical (unpaired) electrons. The third-order valence-corrected chi connectivity index (χ3v) is 4.55. The van der Waals surface area contributed by atoms with Crippen LogP contribution in [0.4, 0.5) is 0 Å². The van der Waals surface area contributed by atoms with E-state index in [2.05, 4.69) is 10.3 Å². The Morgan fingerprint density at radius 3 is 2.52 bits per heavy atom. The van der Waals surface area contributed by atoms with Crippen molar-refractivity contribution in [2.45, 2.75) is 6.54 Å². The Balaban J connectivity index is 1.71. The highest BCUT2D eigenvalue weighted by molar-refractivity contribution is 5.93. The van der Waals surface area contributed by atoms with Gasteiger partial charge < -0.3 is 14.2 Å². The van der Waals surface area contributed by atoms with Crippen molar-refractivity contribution in [1.82, 2.24) is 19.8 Å². The SMILES string of the molecule is COc1ccc(-n2nc(C(=O)N(C)Cc3ccon3)cc2-c2ccccc2)cc1. The van der Waals surface area contributed by atoms with Gasteiger partial charge in [0.1, 0.15) is 17.7 Å². The number of nitrogens with zero attached hydrogens (tertiary/aromatic N) is 4. The topological polar surface area (TPSA) is 73.4 Å². The monoisotopic (exact) mass is 388 g/mol. The van der Waals surface area contributed by atoms with Gasteiger partial charge in [0.25, 0.3) is 5.91 Å². The second-order valence-electron chi connectivity index (χ2n) is 6.54. The normalized spacial score (nSPS) is 10.7. The summed E-state index contributed by atoms with van der Waals surface area (Å²) in [6.07, 6.45) is 1.49. The van der Waals surface area contributed by atoms with Crippen molar-refractivity contribution in [3.63, 3.8) is 0 Å². The molecule has 4 rings (SSSR count). The molecule has 2 heterocycles. The Kier molecular flexibility index (Phi) is 5.11. The molecule has 0 aliphatic rings.